The molecule has 154 valence electrons. The molecule has 0 bridgehead atoms. The van der Waals surface area contributed by atoms with Crippen molar-refractivity contribution in [3.05, 3.63) is 65.2 Å². The average Bonchev–Trinajstić information content (AvgIpc) is 3.12. The molecule has 2 N–H and O–H groups in total. The monoisotopic (exact) mass is 432 g/mol. The summed E-state index contributed by atoms with van der Waals surface area (Å²) in [6.07, 6.45) is 7.21. The number of carbonyl (C=O) groups is 1. The molecule has 0 radical (unpaired) electrons. The molecule has 2 aromatic rings. The number of sulfonamides is 1. The van der Waals surface area contributed by atoms with Gasteiger partial charge in [-0.15, -0.1) is 0 Å². The van der Waals surface area contributed by atoms with Crippen molar-refractivity contribution in [1.29, 1.82) is 0 Å². The minimum atomic E-state index is -3.22. The first-order chi connectivity index (χ1) is 13.8. The van der Waals surface area contributed by atoms with Gasteiger partial charge in [0.2, 0.25) is 15.9 Å². The highest BCUT2D eigenvalue weighted by Gasteiger charge is 2.28. The van der Waals surface area contributed by atoms with Gasteiger partial charge in [-0.3, -0.25) is 4.79 Å². The smallest absolute Gasteiger partial charge is 0.244 e. The predicted molar refractivity (Wildman–Crippen MR) is 118 cm³/mol. The largest absolute Gasteiger partial charge is 0.349 e. The van der Waals surface area contributed by atoms with Crippen molar-refractivity contribution >= 4 is 33.6 Å². The number of hydrogen-bond donors (Lipinski definition) is 2. The third-order valence-electron chi connectivity index (χ3n) is 5.09. The molecule has 1 amide bonds. The van der Waals surface area contributed by atoms with Gasteiger partial charge in [0.15, 0.2) is 0 Å². The minimum absolute atomic E-state index is 0.0122. The van der Waals surface area contributed by atoms with Crippen LogP contribution in [0.4, 0.5) is 0 Å². The third-order valence-corrected chi connectivity index (χ3v) is 6.03. The van der Waals surface area contributed by atoms with Crippen LogP contribution in [0.3, 0.4) is 0 Å². The molecule has 0 heterocycles. The van der Waals surface area contributed by atoms with Crippen LogP contribution in [0.15, 0.2) is 54.6 Å². The van der Waals surface area contributed by atoms with Gasteiger partial charge < -0.3 is 5.32 Å². The molecular weight excluding hydrogens is 408 g/mol. The molecule has 1 aliphatic rings. The Morgan fingerprint density at radius 2 is 1.90 bits per heavy atom. The molecule has 5 nitrogen and oxygen atoms in total. The zero-order valence-electron chi connectivity index (χ0n) is 16.3. The van der Waals surface area contributed by atoms with Crippen LogP contribution < -0.4 is 10.0 Å². The minimum Gasteiger partial charge on any atom is -0.349 e. The standard InChI is InChI=1S/C22H25ClN2O3S/c1-29(27,28)24-15-19-6-3-7-21(19)25-22(26)13-8-16-4-2-5-18(14-16)17-9-11-20(23)12-10-17/h2,4-5,8-14,19,21,24H,3,6-7,15H2,1H3,(H,25,26)/b13-8+. The first-order valence-electron chi connectivity index (χ1n) is 9.59. The molecule has 2 aromatic carbocycles. The highest BCUT2D eigenvalue weighted by Crippen LogP contribution is 2.25. The maximum atomic E-state index is 12.4. The van der Waals surface area contributed by atoms with E-state index in [2.05, 4.69) is 10.0 Å². The fourth-order valence-electron chi connectivity index (χ4n) is 3.60. The topological polar surface area (TPSA) is 75.3 Å². The van der Waals surface area contributed by atoms with Crippen LogP contribution in [0.2, 0.25) is 5.02 Å². The van der Waals surface area contributed by atoms with E-state index in [0.717, 1.165) is 42.2 Å². The number of amides is 1. The van der Waals surface area contributed by atoms with E-state index in [0.29, 0.717) is 11.6 Å². The first-order valence-corrected chi connectivity index (χ1v) is 11.9. The Kier molecular flexibility index (Phi) is 7.11. The second-order valence-electron chi connectivity index (χ2n) is 7.39. The van der Waals surface area contributed by atoms with E-state index in [9.17, 15) is 13.2 Å². The summed E-state index contributed by atoms with van der Waals surface area (Å²) < 4.78 is 25.2. The van der Waals surface area contributed by atoms with Crippen molar-refractivity contribution in [1.82, 2.24) is 10.0 Å². The quantitative estimate of drug-likeness (QED) is 0.652. The van der Waals surface area contributed by atoms with E-state index in [-0.39, 0.29) is 17.9 Å². The van der Waals surface area contributed by atoms with E-state index >= 15 is 0 Å². The zero-order valence-corrected chi connectivity index (χ0v) is 17.8. The van der Waals surface area contributed by atoms with Gasteiger partial charge in [-0.25, -0.2) is 13.1 Å². The Hall–Kier alpha value is -2.15. The molecule has 0 saturated heterocycles. The summed E-state index contributed by atoms with van der Waals surface area (Å²) in [5.74, 6) is -0.0477. The predicted octanol–water partition coefficient (Wildman–Crippen LogP) is 3.85. The molecule has 2 unspecified atom stereocenters. The van der Waals surface area contributed by atoms with Crippen LogP contribution in [-0.2, 0) is 14.8 Å². The van der Waals surface area contributed by atoms with E-state index in [1.807, 2.05) is 48.5 Å². The molecule has 3 rings (SSSR count). The summed E-state index contributed by atoms with van der Waals surface area (Å²) >= 11 is 5.95. The second-order valence-corrected chi connectivity index (χ2v) is 9.66. The number of halogens is 1. The van der Waals surface area contributed by atoms with Gasteiger partial charge in [-0.1, -0.05) is 48.4 Å². The molecular formula is C22H25ClN2O3S. The fraction of sp³-hybridized carbons (Fsp3) is 0.318. The fourth-order valence-corrected chi connectivity index (χ4v) is 4.24. The van der Waals surface area contributed by atoms with Crippen molar-refractivity contribution in [2.75, 3.05) is 12.8 Å². The lowest BCUT2D eigenvalue weighted by Gasteiger charge is -2.20. The van der Waals surface area contributed by atoms with Crippen LogP contribution in [0.25, 0.3) is 17.2 Å². The van der Waals surface area contributed by atoms with E-state index in [1.54, 1.807) is 6.08 Å². The molecule has 0 aromatic heterocycles. The molecule has 2 atom stereocenters. The Bertz CT molecular complexity index is 987. The molecule has 0 aliphatic heterocycles. The maximum absolute atomic E-state index is 12.4. The first kappa shape index (κ1) is 21.6. The van der Waals surface area contributed by atoms with Gasteiger partial charge >= 0.3 is 0 Å². The van der Waals surface area contributed by atoms with Gasteiger partial charge in [0.25, 0.3) is 0 Å². The highest BCUT2D eigenvalue weighted by molar-refractivity contribution is 7.88. The van der Waals surface area contributed by atoms with Gasteiger partial charge in [0, 0.05) is 23.7 Å². The molecule has 0 spiro atoms. The number of benzene rings is 2. The normalized spacial score (nSPS) is 19.5. The summed E-state index contributed by atoms with van der Waals surface area (Å²) in [6, 6.07) is 15.5. The average molecular weight is 433 g/mol. The van der Waals surface area contributed by atoms with Crippen molar-refractivity contribution in [3.8, 4) is 11.1 Å². The van der Waals surface area contributed by atoms with Crippen LogP contribution in [0, 0.1) is 5.92 Å². The van der Waals surface area contributed by atoms with Crippen molar-refractivity contribution in [2.45, 2.75) is 25.3 Å². The second kappa shape index (κ2) is 9.57. The van der Waals surface area contributed by atoms with Crippen molar-refractivity contribution in [3.63, 3.8) is 0 Å². The Balaban J connectivity index is 1.60. The number of hydrogen-bond acceptors (Lipinski definition) is 3. The summed E-state index contributed by atoms with van der Waals surface area (Å²) in [5, 5.41) is 3.71. The molecule has 1 saturated carbocycles. The Morgan fingerprint density at radius 3 is 2.62 bits per heavy atom. The van der Waals surface area contributed by atoms with E-state index in [4.69, 9.17) is 11.6 Å². The lowest BCUT2D eigenvalue weighted by Crippen LogP contribution is -2.41. The summed E-state index contributed by atoms with van der Waals surface area (Å²) in [5.41, 5.74) is 3.03. The Labute approximate surface area is 177 Å². The molecule has 7 heteroatoms. The van der Waals surface area contributed by atoms with Crippen LogP contribution in [0.1, 0.15) is 24.8 Å². The Morgan fingerprint density at radius 1 is 1.14 bits per heavy atom. The van der Waals surface area contributed by atoms with Crippen LogP contribution >= 0.6 is 11.6 Å². The van der Waals surface area contributed by atoms with Crippen molar-refractivity contribution in [2.24, 2.45) is 5.92 Å². The molecule has 1 fully saturated rings. The van der Waals surface area contributed by atoms with Gasteiger partial charge in [-0.2, -0.15) is 0 Å². The lowest BCUT2D eigenvalue weighted by atomic mass is 10.0. The number of rotatable bonds is 7. The number of carbonyl (C=O) groups excluding carboxylic acids is 1. The van der Waals surface area contributed by atoms with Crippen LogP contribution in [-0.4, -0.2) is 33.2 Å². The van der Waals surface area contributed by atoms with Gasteiger partial charge in [0.05, 0.1) is 6.26 Å². The summed E-state index contributed by atoms with van der Waals surface area (Å²) in [6.45, 7) is 0.358. The molecule has 29 heavy (non-hydrogen) atoms. The third kappa shape index (κ3) is 6.70. The maximum Gasteiger partial charge on any atom is 0.244 e. The SMILES string of the molecule is CS(=O)(=O)NCC1CCCC1NC(=O)/C=C/c1cccc(-c2ccc(Cl)cc2)c1. The van der Waals surface area contributed by atoms with Crippen LogP contribution in [0.5, 0.6) is 0 Å². The van der Waals surface area contributed by atoms with E-state index < -0.39 is 10.0 Å². The summed E-state index contributed by atoms with van der Waals surface area (Å²) in [4.78, 5) is 12.4. The van der Waals surface area contributed by atoms with Gasteiger partial charge in [-0.05, 0) is 59.7 Å². The van der Waals surface area contributed by atoms with Gasteiger partial charge in [0.1, 0.15) is 0 Å². The highest BCUT2D eigenvalue weighted by atomic mass is 35.5. The summed E-state index contributed by atoms with van der Waals surface area (Å²) in [7, 11) is -3.22. The lowest BCUT2D eigenvalue weighted by molar-refractivity contribution is -0.117. The van der Waals surface area contributed by atoms with Crippen molar-refractivity contribution < 1.29 is 13.2 Å². The zero-order chi connectivity index (χ0) is 20.9. The number of nitrogens with one attached hydrogen (secondary N) is 2. The van der Waals surface area contributed by atoms with E-state index in [1.165, 1.54) is 6.08 Å². The molecule has 1 aliphatic carbocycles.